The van der Waals surface area contributed by atoms with Gasteiger partial charge in [0, 0.05) is 36.9 Å². The van der Waals surface area contributed by atoms with Crippen LogP contribution in [0.3, 0.4) is 0 Å². The first kappa shape index (κ1) is 32.8. The van der Waals surface area contributed by atoms with Gasteiger partial charge in [-0.3, -0.25) is 4.79 Å². The highest BCUT2D eigenvalue weighted by Gasteiger charge is 2.33. The number of hydrogen-bond acceptors (Lipinski definition) is 7. The number of ether oxygens (including phenoxy) is 1. The molecule has 240 valence electrons. The van der Waals surface area contributed by atoms with E-state index in [1.807, 2.05) is 78.9 Å². The second-order valence-corrected chi connectivity index (χ2v) is 12.7. The molecule has 46 heavy (non-hydrogen) atoms. The average molecular weight is 644 g/mol. The summed E-state index contributed by atoms with van der Waals surface area (Å²) in [6, 6.07) is 29.6. The van der Waals surface area contributed by atoms with Gasteiger partial charge in [0.25, 0.3) is 10.0 Å². The number of pyridine rings is 1. The highest BCUT2D eigenvalue weighted by molar-refractivity contribution is 7.89. The predicted octanol–water partition coefficient (Wildman–Crippen LogP) is 3.76. The second-order valence-electron chi connectivity index (χ2n) is 11.0. The molecule has 3 aromatic carbocycles. The molecule has 3 atom stereocenters. The fraction of sp³-hybridized carbons (Fsp3) is 0.265. The Morgan fingerprint density at radius 1 is 0.913 bits per heavy atom. The van der Waals surface area contributed by atoms with E-state index in [1.165, 1.54) is 12.3 Å². The topological polar surface area (TPSA) is 159 Å². The summed E-state index contributed by atoms with van der Waals surface area (Å²) in [6.07, 6.45) is 1.27. The number of sulfonamides is 1. The van der Waals surface area contributed by atoms with Gasteiger partial charge in [-0.05, 0) is 47.7 Å². The molecular weight excluding hydrogens is 606 g/mol. The zero-order valence-corrected chi connectivity index (χ0v) is 25.9. The molecule has 0 radical (unpaired) electrons. The van der Waals surface area contributed by atoms with Gasteiger partial charge in [0.2, 0.25) is 5.91 Å². The Morgan fingerprint density at radius 3 is 2.17 bits per heavy atom. The van der Waals surface area contributed by atoms with Crippen molar-refractivity contribution in [3.8, 4) is 0 Å². The maximum absolute atomic E-state index is 13.8. The molecular formula is C34H37N5O6S. The standard InChI is InChI=1S/C34H37N5O6S/c40-33(32(39-34(41)42)31(25-12-3-1-4-13-25)26-14-5-2-6-15-26)38-29-16-8-7-11-24(29)18-19-28-22-36-27(23-45-28)21-37-46(43,44)30-17-9-10-20-35-30/h1-17,20,27-28,31-32,36-37,39H,18-19,21-23H2,(H,38,40)(H,41,42)/t27-,28-,32+/m1/s1. The van der Waals surface area contributed by atoms with Crippen LogP contribution in [0.4, 0.5) is 10.5 Å². The minimum atomic E-state index is -3.71. The van der Waals surface area contributed by atoms with Crippen molar-refractivity contribution >= 4 is 27.7 Å². The third-order valence-electron chi connectivity index (χ3n) is 7.82. The van der Waals surface area contributed by atoms with Gasteiger partial charge in [-0.2, -0.15) is 0 Å². The number of anilines is 1. The van der Waals surface area contributed by atoms with Crippen molar-refractivity contribution in [3.63, 3.8) is 0 Å². The fourth-order valence-electron chi connectivity index (χ4n) is 5.49. The molecule has 12 heteroatoms. The molecule has 1 aromatic heterocycles. The fourth-order valence-corrected chi connectivity index (χ4v) is 6.52. The molecule has 1 saturated heterocycles. The normalized spacial score (nSPS) is 17.2. The highest BCUT2D eigenvalue weighted by Crippen LogP contribution is 2.30. The maximum Gasteiger partial charge on any atom is 0.405 e. The van der Waals surface area contributed by atoms with Gasteiger partial charge >= 0.3 is 6.09 Å². The molecule has 4 aromatic rings. The van der Waals surface area contributed by atoms with Crippen LogP contribution in [0, 0.1) is 0 Å². The van der Waals surface area contributed by atoms with Gasteiger partial charge in [-0.25, -0.2) is 22.9 Å². The number of carbonyl (C=O) groups is 2. The molecule has 5 rings (SSSR count). The Kier molecular flexibility index (Phi) is 11.1. The van der Waals surface area contributed by atoms with E-state index in [9.17, 15) is 23.1 Å². The Hall–Kier alpha value is -4.62. The number of rotatable bonds is 13. The van der Waals surface area contributed by atoms with E-state index in [1.54, 1.807) is 18.2 Å². The number of hydrogen-bond donors (Lipinski definition) is 5. The van der Waals surface area contributed by atoms with Crippen LogP contribution in [0.25, 0.3) is 0 Å². The minimum Gasteiger partial charge on any atom is -0.465 e. The van der Waals surface area contributed by atoms with E-state index in [4.69, 9.17) is 4.74 Å². The van der Waals surface area contributed by atoms with Crippen molar-refractivity contribution in [1.82, 2.24) is 20.3 Å². The van der Waals surface area contributed by atoms with E-state index >= 15 is 0 Å². The van der Waals surface area contributed by atoms with Crippen LogP contribution in [0.2, 0.25) is 0 Å². The first-order valence-corrected chi connectivity index (χ1v) is 16.5. The summed E-state index contributed by atoms with van der Waals surface area (Å²) in [5.41, 5.74) is 3.09. The summed E-state index contributed by atoms with van der Waals surface area (Å²) in [6.45, 7) is 1.03. The first-order chi connectivity index (χ1) is 22.3. The molecule has 1 fully saturated rings. The molecule has 0 bridgehead atoms. The molecule has 1 aliphatic heterocycles. The zero-order valence-electron chi connectivity index (χ0n) is 25.1. The van der Waals surface area contributed by atoms with Crippen LogP contribution in [-0.4, -0.2) is 68.4 Å². The summed E-state index contributed by atoms with van der Waals surface area (Å²) in [5.74, 6) is -1.03. The minimum absolute atomic E-state index is 0.0314. The number of benzene rings is 3. The van der Waals surface area contributed by atoms with Crippen LogP contribution in [0.1, 0.15) is 29.0 Å². The lowest BCUT2D eigenvalue weighted by molar-refractivity contribution is -0.118. The number of morpholine rings is 1. The Labute approximate surface area is 268 Å². The van der Waals surface area contributed by atoms with Gasteiger partial charge in [-0.1, -0.05) is 84.9 Å². The number of nitrogens with zero attached hydrogens (tertiary/aromatic N) is 1. The monoisotopic (exact) mass is 643 g/mol. The SMILES string of the molecule is O=C(O)N[C@H](C(=O)Nc1ccccc1CC[C@@H]1CN[C@H](CNS(=O)(=O)c2ccccn2)CO1)C(c1ccccc1)c1ccccc1. The second kappa shape index (κ2) is 15.6. The lowest BCUT2D eigenvalue weighted by Gasteiger charge is -2.30. The molecule has 0 spiro atoms. The lowest BCUT2D eigenvalue weighted by atomic mass is 9.84. The number of carboxylic acid groups (broad SMARTS) is 1. The number of nitrogens with one attached hydrogen (secondary N) is 4. The number of aryl methyl sites for hydroxylation is 1. The number of aromatic nitrogens is 1. The molecule has 1 aliphatic rings. The molecule has 0 aliphatic carbocycles. The van der Waals surface area contributed by atoms with Crippen molar-refractivity contribution in [2.45, 2.75) is 42.0 Å². The van der Waals surface area contributed by atoms with E-state index < -0.39 is 34.0 Å². The smallest absolute Gasteiger partial charge is 0.405 e. The summed E-state index contributed by atoms with van der Waals surface area (Å²) < 4.78 is 33.6. The van der Waals surface area contributed by atoms with Crippen LogP contribution in [0.5, 0.6) is 0 Å². The van der Waals surface area contributed by atoms with Crippen molar-refractivity contribution < 1.29 is 27.9 Å². The third kappa shape index (κ3) is 8.76. The van der Waals surface area contributed by atoms with E-state index in [0.29, 0.717) is 31.7 Å². The van der Waals surface area contributed by atoms with Gasteiger partial charge in [0.05, 0.1) is 12.7 Å². The highest BCUT2D eigenvalue weighted by atomic mass is 32.2. The zero-order chi connectivity index (χ0) is 32.4. The van der Waals surface area contributed by atoms with Crippen molar-refractivity contribution in [2.24, 2.45) is 0 Å². The maximum atomic E-state index is 13.8. The van der Waals surface area contributed by atoms with Crippen LogP contribution in [-0.2, 0) is 26.0 Å². The van der Waals surface area contributed by atoms with E-state index in [-0.39, 0.29) is 23.7 Å². The quantitative estimate of drug-likeness (QED) is 0.147. The summed E-state index contributed by atoms with van der Waals surface area (Å²) >= 11 is 0. The molecule has 2 heterocycles. The van der Waals surface area contributed by atoms with Crippen molar-refractivity contribution in [2.75, 3.05) is 25.0 Å². The average Bonchev–Trinajstić information content (AvgIpc) is 3.08. The first-order valence-electron chi connectivity index (χ1n) is 15.0. The molecule has 11 nitrogen and oxygen atoms in total. The van der Waals surface area contributed by atoms with Gasteiger partial charge in [0.1, 0.15) is 6.04 Å². The Morgan fingerprint density at radius 2 is 1.57 bits per heavy atom. The lowest BCUT2D eigenvalue weighted by Crippen LogP contribution is -2.51. The van der Waals surface area contributed by atoms with Crippen LogP contribution < -0.4 is 20.7 Å². The number of amides is 2. The summed E-state index contributed by atoms with van der Waals surface area (Å²) in [7, 11) is -3.71. The molecule has 0 unspecified atom stereocenters. The van der Waals surface area contributed by atoms with Gasteiger partial charge < -0.3 is 25.8 Å². The van der Waals surface area contributed by atoms with Gasteiger partial charge in [0.15, 0.2) is 5.03 Å². The van der Waals surface area contributed by atoms with E-state index in [2.05, 4.69) is 25.7 Å². The summed E-state index contributed by atoms with van der Waals surface area (Å²) in [4.78, 5) is 29.6. The van der Waals surface area contributed by atoms with Crippen molar-refractivity contribution in [3.05, 3.63) is 126 Å². The van der Waals surface area contributed by atoms with Crippen LogP contribution >= 0.6 is 0 Å². The largest absolute Gasteiger partial charge is 0.465 e. The Balaban J connectivity index is 1.21. The molecule has 2 amide bonds. The predicted molar refractivity (Wildman–Crippen MR) is 174 cm³/mol. The number of para-hydroxylation sites is 1. The van der Waals surface area contributed by atoms with Crippen molar-refractivity contribution in [1.29, 1.82) is 0 Å². The molecule has 5 N–H and O–H groups in total. The number of carbonyl (C=O) groups excluding carboxylic acids is 1. The van der Waals surface area contributed by atoms with Crippen LogP contribution in [0.15, 0.2) is 114 Å². The van der Waals surface area contributed by atoms with Gasteiger partial charge in [-0.15, -0.1) is 0 Å². The Bertz CT molecular complexity index is 1650. The summed E-state index contributed by atoms with van der Waals surface area (Å²) in [5, 5.41) is 18.5. The molecule has 0 saturated carbocycles. The van der Waals surface area contributed by atoms with E-state index in [0.717, 1.165) is 16.7 Å². The third-order valence-corrected chi connectivity index (χ3v) is 9.16.